The number of fused-ring (bicyclic) bond motifs is 2. The second-order valence-electron chi connectivity index (χ2n) is 9.06. The van der Waals surface area contributed by atoms with Crippen LogP contribution in [0.3, 0.4) is 0 Å². The Hall–Kier alpha value is -3.72. The van der Waals surface area contributed by atoms with Gasteiger partial charge in [0.2, 0.25) is 0 Å². The first-order chi connectivity index (χ1) is 17.2. The number of carbonyl (C=O) groups excluding carboxylic acids is 1. The molecule has 3 aromatic rings. The van der Waals surface area contributed by atoms with Crippen LogP contribution >= 0.6 is 0 Å². The first kappa shape index (κ1) is 24.0. The average molecular weight is 509 g/mol. The van der Waals surface area contributed by atoms with Crippen LogP contribution in [0.2, 0.25) is 0 Å². The minimum Gasteiger partial charge on any atom is -0.486 e. The molecule has 1 N–H and O–H groups in total. The number of sulfonamides is 1. The molecular formula is C27H28N2O6S. The van der Waals surface area contributed by atoms with Gasteiger partial charge in [0.15, 0.2) is 17.6 Å². The van der Waals surface area contributed by atoms with Crippen molar-refractivity contribution in [1.29, 1.82) is 0 Å². The minimum atomic E-state index is -3.92. The molecule has 2 aliphatic heterocycles. The fourth-order valence-electron chi connectivity index (χ4n) is 4.28. The molecule has 0 saturated carbocycles. The molecule has 5 rings (SSSR count). The van der Waals surface area contributed by atoms with Crippen molar-refractivity contribution < 1.29 is 27.4 Å². The van der Waals surface area contributed by atoms with Crippen LogP contribution in [0.1, 0.15) is 29.7 Å². The number of anilines is 1. The van der Waals surface area contributed by atoms with Crippen molar-refractivity contribution in [3.8, 4) is 17.2 Å². The van der Waals surface area contributed by atoms with Gasteiger partial charge < -0.3 is 19.5 Å². The van der Waals surface area contributed by atoms with Gasteiger partial charge in [0.05, 0.1) is 23.2 Å². The van der Waals surface area contributed by atoms with Crippen molar-refractivity contribution in [3.05, 3.63) is 77.4 Å². The molecule has 0 saturated heterocycles. The van der Waals surface area contributed by atoms with Crippen LogP contribution in [0, 0.1) is 13.8 Å². The Kier molecular flexibility index (Phi) is 6.26. The van der Waals surface area contributed by atoms with E-state index in [1.165, 1.54) is 4.31 Å². The lowest BCUT2D eigenvalue weighted by Gasteiger charge is -2.35. The van der Waals surface area contributed by atoms with Crippen molar-refractivity contribution in [1.82, 2.24) is 5.32 Å². The van der Waals surface area contributed by atoms with E-state index in [9.17, 15) is 13.2 Å². The van der Waals surface area contributed by atoms with Crippen LogP contribution in [0.4, 0.5) is 5.69 Å². The molecule has 0 bridgehead atoms. The Morgan fingerprint density at radius 2 is 1.58 bits per heavy atom. The molecule has 0 spiro atoms. The molecule has 0 fully saturated rings. The van der Waals surface area contributed by atoms with Crippen molar-refractivity contribution in [3.63, 3.8) is 0 Å². The number of benzene rings is 3. The Balaban J connectivity index is 1.41. The lowest BCUT2D eigenvalue weighted by molar-refractivity contribution is -0.128. The molecule has 2 aliphatic rings. The summed E-state index contributed by atoms with van der Waals surface area (Å²) in [6.45, 7) is 6.45. The third-order valence-electron chi connectivity index (χ3n) is 6.31. The maximum atomic E-state index is 13.6. The van der Waals surface area contributed by atoms with Gasteiger partial charge in [-0.3, -0.25) is 9.10 Å². The summed E-state index contributed by atoms with van der Waals surface area (Å²) in [5, 5.41) is 2.95. The normalized spacial score (nSPS) is 17.5. The van der Waals surface area contributed by atoms with Gasteiger partial charge in [0.25, 0.3) is 15.9 Å². The van der Waals surface area contributed by atoms with Gasteiger partial charge in [-0.25, -0.2) is 8.42 Å². The monoisotopic (exact) mass is 508 g/mol. The quantitative estimate of drug-likeness (QED) is 0.562. The summed E-state index contributed by atoms with van der Waals surface area (Å²) in [5.41, 5.74) is 3.09. The first-order valence-corrected chi connectivity index (χ1v) is 13.2. The van der Waals surface area contributed by atoms with Gasteiger partial charge in [-0.1, -0.05) is 29.8 Å². The number of hydrogen-bond acceptors (Lipinski definition) is 6. The van der Waals surface area contributed by atoms with Crippen LogP contribution in [-0.2, 0) is 14.8 Å². The number of nitrogens with zero attached hydrogens (tertiary/aromatic N) is 1. The highest BCUT2D eigenvalue weighted by Crippen LogP contribution is 2.38. The highest BCUT2D eigenvalue weighted by molar-refractivity contribution is 7.92. The molecule has 0 unspecified atom stereocenters. The lowest BCUT2D eigenvalue weighted by Crippen LogP contribution is -2.51. The number of hydrogen-bond donors (Lipinski definition) is 1. The Morgan fingerprint density at radius 3 is 2.33 bits per heavy atom. The zero-order valence-corrected chi connectivity index (χ0v) is 21.2. The highest BCUT2D eigenvalue weighted by atomic mass is 32.2. The Labute approximate surface area is 210 Å². The number of ether oxygens (including phenoxy) is 3. The number of carbonyl (C=O) groups is 1. The molecule has 2 atom stereocenters. The van der Waals surface area contributed by atoms with Gasteiger partial charge in [0.1, 0.15) is 19.0 Å². The molecule has 0 radical (unpaired) electrons. The third kappa shape index (κ3) is 4.58. The lowest BCUT2D eigenvalue weighted by atomic mass is 10.1. The van der Waals surface area contributed by atoms with E-state index < -0.39 is 22.0 Å². The highest BCUT2D eigenvalue weighted by Gasteiger charge is 2.38. The number of nitrogens with one attached hydrogen (secondary N) is 1. The molecule has 188 valence electrons. The van der Waals surface area contributed by atoms with E-state index in [4.69, 9.17) is 14.2 Å². The predicted octanol–water partition coefficient (Wildman–Crippen LogP) is 3.91. The van der Waals surface area contributed by atoms with Crippen molar-refractivity contribution in [2.45, 2.75) is 37.8 Å². The van der Waals surface area contributed by atoms with E-state index in [2.05, 4.69) is 5.32 Å². The zero-order chi connectivity index (χ0) is 25.4. The summed E-state index contributed by atoms with van der Waals surface area (Å²) in [4.78, 5) is 13.4. The molecule has 36 heavy (non-hydrogen) atoms. The number of amides is 1. The maximum Gasteiger partial charge on any atom is 0.264 e. The molecule has 8 nitrogen and oxygen atoms in total. The summed E-state index contributed by atoms with van der Waals surface area (Å²) >= 11 is 0. The van der Waals surface area contributed by atoms with E-state index in [-0.39, 0.29) is 17.5 Å². The van der Waals surface area contributed by atoms with Gasteiger partial charge in [-0.15, -0.1) is 0 Å². The van der Waals surface area contributed by atoms with Crippen LogP contribution in [-0.4, -0.2) is 40.2 Å². The topological polar surface area (TPSA) is 94.2 Å². The number of rotatable bonds is 5. The fourth-order valence-corrected chi connectivity index (χ4v) is 5.75. The van der Waals surface area contributed by atoms with Crippen LogP contribution in [0.5, 0.6) is 17.2 Å². The average Bonchev–Trinajstić information content (AvgIpc) is 2.87. The molecule has 1 amide bonds. The molecule has 0 aromatic heterocycles. The van der Waals surface area contributed by atoms with E-state index in [0.29, 0.717) is 36.1 Å². The van der Waals surface area contributed by atoms with E-state index in [1.807, 2.05) is 45.0 Å². The van der Waals surface area contributed by atoms with Crippen molar-refractivity contribution in [2.24, 2.45) is 0 Å². The van der Waals surface area contributed by atoms with E-state index in [1.54, 1.807) is 36.4 Å². The number of aryl methyl sites for hydroxylation is 2. The predicted molar refractivity (Wildman–Crippen MR) is 135 cm³/mol. The van der Waals surface area contributed by atoms with Crippen molar-refractivity contribution in [2.75, 3.05) is 24.1 Å². The van der Waals surface area contributed by atoms with Crippen LogP contribution in [0.25, 0.3) is 0 Å². The third-order valence-corrected chi connectivity index (χ3v) is 8.10. The van der Waals surface area contributed by atoms with E-state index >= 15 is 0 Å². The van der Waals surface area contributed by atoms with Crippen LogP contribution < -0.4 is 23.8 Å². The second kappa shape index (κ2) is 9.39. The Bertz CT molecular complexity index is 1400. The molecule has 3 aromatic carbocycles. The fraction of sp³-hybridized carbons (Fsp3) is 0.296. The molecule has 0 aliphatic carbocycles. The van der Waals surface area contributed by atoms with Gasteiger partial charge in [0, 0.05) is 0 Å². The standard InChI is InChI=1S/C27H28N2O6S/c1-17-4-8-21(9-5-17)36(31,32)29-16-26(35-23-10-6-18(2)14-22(23)29)27(30)28-19(3)20-7-11-24-25(15-20)34-13-12-33-24/h4-11,14-15,19,26H,12-13,16H2,1-3H3,(H,28,30)/t19-,26+/m1/s1. The van der Waals surface area contributed by atoms with Gasteiger partial charge in [-0.2, -0.15) is 0 Å². The summed E-state index contributed by atoms with van der Waals surface area (Å²) in [7, 11) is -3.92. The van der Waals surface area contributed by atoms with Crippen LogP contribution in [0.15, 0.2) is 65.6 Å². The first-order valence-electron chi connectivity index (χ1n) is 11.8. The SMILES string of the molecule is Cc1ccc(S(=O)(=O)N2C[C@@H](C(=O)N[C@H](C)c3ccc4c(c3)OCCO4)Oc3ccc(C)cc32)cc1. The van der Waals surface area contributed by atoms with E-state index in [0.717, 1.165) is 16.7 Å². The Morgan fingerprint density at radius 1 is 0.917 bits per heavy atom. The smallest absolute Gasteiger partial charge is 0.264 e. The maximum absolute atomic E-state index is 13.6. The summed E-state index contributed by atoms with van der Waals surface area (Å²) in [6, 6.07) is 17.1. The van der Waals surface area contributed by atoms with Gasteiger partial charge in [-0.05, 0) is 68.3 Å². The molecule has 2 heterocycles. The summed E-state index contributed by atoms with van der Waals surface area (Å²) < 4.78 is 45.7. The molecule has 9 heteroatoms. The summed E-state index contributed by atoms with van der Waals surface area (Å²) in [6.07, 6.45) is -1.03. The largest absolute Gasteiger partial charge is 0.486 e. The van der Waals surface area contributed by atoms with Crippen molar-refractivity contribution >= 4 is 21.6 Å². The zero-order valence-electron chi connectivity index (χ0n) is 20.4. The molecular weight excluding hydrogens is 480 g/mol. The minimum absolute atomic E-state index is 0.146. The second-order valence-corrected chi connectivity index (χ2v) is 10.9. The van der Waals surface area contributed by atoms with Gasteiger partial charge >= 0.3 is 0 Å². The summed E-state index contributed by atoms with van der Waals surface area (Å²) in [5.74, 6) is 1.24.